The third kappa shape index (κ3) is 5.91. The molecule has 7 heteroatoms. The van der Waals surface area contributed by atoms with Crippen LogP contribution in [0.2, 0.25) is 0 Å². The van der Waals surface area contributed by atoms with Crippen molar-refractivity contribution in [3.63, 3.8) is 0 Å². The van der Waals surface area contributed by atoms with Crippen LogP contribution in [0.15, 0.2) is 0 Å². The largest absolute Gasteiger partial charge is 0.340 e. The van der Waals surface area contributed by atoms with Crippen molar-refractivity contribution in [2.45, 2.75) is 32.2 Å². The molecule has 0 saturated carbocycles. The van der Waals surface area contributed by atoms with Crippen molar-refractivity contribution in [1.82, 2.24) is 15.1 Å². The van der Waals surface area contributed by atoms with E-state index in [1.165, 1.54) is 12.8 Å². The maximum absolute atomic E-state index is 12.2. The minimum absolute atomic E-state index is 0. The maximum atomic E-state index is 12.2. The molecule has 0 radical (unpaired) electrons. The average Bonchev–Trinajstić information content (AvgIpc) is 2.45. The molecule has 0 spiro atoms. The molecule has 126 valence electrons. The van der Waals surface area contributed by atoms with Gasteiger partial charge in [-0.05, 0) is 25.3 Å². The van der Waals surface area contributed by atoms with Crippen LogP contribution in [0.3, 0.4) is 0 Å². The Bertz CT molecular complexity index is 301. The minimum atomic E-state index is 0. The summed E-state index contributed by atoms with van der Waals surface area (Å²) < 4.78 is 0. The van der Waals surface area contributed by atoms with Gasteiger partial charge in [0.05, 0.1) is 0 Å². The van der Waals surface area contributed by atoms with E-state index in [0.717, 1.165) is 39.3 Å². The van der Waals surface area contributed by atoms with Gasteiger partial charge in [-0.25, -0.2) is 0 Å². The third-order valence-electron chi connectivity index (χ3n) is 4.55. The molecule has 2 aliphatic heterocycles. The standard InChI is InChI=1S/C14H28N4O.2ClH/c1-12-3-2-7-17(13(12)11-15)8-4-14(19)18-9-5-16-6-10-18;;/h12-13,16H,2-11,15H2,1H3;2*1H. The summed E-state index contributed by atoms with van der Waals surface area (Å²) in [5.41, 5.74) is 5.89. The van der Waals surface area contributed by atoms with Gasteiger partial charge in [-0.3, -0.25) is 9.69 Å². The molecule has 2 atom stereocenters. The first kappa shape index (κ1) is 20.9. The van der Waals surface area contributed by atoms with Crippen LogP contribution in [0, 0.1) is 5.92 Å². The molecule has 2 heterocycles. The van der Waals surface area contributed by atoms with E-state index in [2.05, 4.69) is 17.1 Å². The molecule has 5 nitrogen and oxygen atoms in total. The summed E-state index contributed by atoms with van der Waals surface area (Å²) in [6, 6.07) is 0.463. The molecule has 3 N–H and O–H groups in total. The van der Waals surface area contributed by atoms with Gasteiger partial charge in [0, 0.05) is 51.7 Å². The molecular weight excluding hydrogens is 311 g/mol. The zero-order chi connectivity index (χ0) is 13.7. The van der Waals surface area contributed by atoms with Crippen LogP contribution in [-0.4, -0.2) is 67.6 Å². The number of carbonyl (C=O) groups is 1. The van der Waals surface area contributed by atoms with Gasteiger partial charge in [0.25, 0.3) is 0 Å². The summed E-state index contributed by atoms with van der Waals surface area (Å²) in [5, 5.41) is 3.28. The summed E-state index contributed by atoms with van der Waals surface area (Å²) >= 11 is 0. The van der Waals surface area contributed by atoms with Crippen molar-refractivity contribution < 1.29 is 4.79 Å². The van der Waals surface area contributed by atoms with Crippen LogP contribution in [-0.2, 0) is 4.79 Å². The lowest BCUT2D eigenvalue weighted by molar-refractivity contribution is -0.132. The summed E-state index contributed by atoms with van der Waals surface area (Å²) in [6.45, 7) is 8.53. The quantitative estimate of drug-likeness (QED) is 0.791. The first-order valence-electron chi connectivity index (χ1n) is 7.65. The van der Waals surface area contributed by atoms with E-state index in [9.17, 15) is 4.79 Å². The SMILES string of the molecule is CC1CCCN(CCC(=O)N2CCNCC2)C1CN.Cl.Cl. The fourth-order valence-corrected chi connectivity index (χ4v) is 3.31. The van der Waals surface area contributed by atoms with Crippen molar-refractivity contribution in [3.8, 4) is 0 Å². The summed E-state index contributed by atoms with van der Waals surface area (Å²) in [4.78, 5) is 16.6. The normalized spacial score (nSPS) is 26.7. The van der Waals surface area contributed by atoms with Gasteiger partial charge in [0.2, 0.25) is 5.91 Å². The number of nitrogens with zero attached hydrogens (tertiary/aromatic N) is 2. The number of piperazine rings is 1. The molecule has 2 saturated heterocycles. The number of hydrogen-bond donors (Lipinski definition) is 2. The molecule has 0 bridgehead atoms. The number of hydrogen-bond acceptors (Lipinski definition) is 4. The molecule has 0 aromatic heterocycles. The smallest absolute Gasteiger partial charge is 0.223 e. The molecule has 2 rings (SSSR count). The number of carbonyl (C=O) groups excluding carboxylic acids is 1. The summed E-state index contributed by atoms with van der Waals surface area (Å²) in [7, 11) is 0. The summed E-state index contributed by atoms with van der Waals surface area (Å²) in [6.07, 6.45) is 3.15. The molecule has 2 aliphatic rings. The Morgan fingerprint density at radius 3 is 2.52 bits per heavy atom. The van der Waals surface area contributed by atoms with Crippen LogP contribution in [0.1, 0.15) is 26.2 Å². The van der Waals surface area contributed by atoms with Crippen LogP contribution >= 0.6 is 24.8 Å². The Balaban J connectivity index is 0.00000200. The van der Waals surface area contributed by atoms with Crippen LogP contribution in [0.4, 0.5) is 0 Å². The first-order valence-corrected chi connectivity index (χ1v) is 7.65. The third-order valence-corrected chi connectivity index (χ3v) is 4.55. The average molecular weight is 341 g/mol. The minimum Gasteiger partial charge on any atom is -0.340 e. The number of nitrogens with one attached hydrogen (secondary N) is 1. The van der Waals surface area contributed by atoms with E-state index < -0.39 is 0 Å². The molecule has 0 aromatic rings. The summed E-state index contributed by atoms with van der Waals surface area (Å²) in [5.74, 6) is 0.962. The first-order chi connectivity index (χ1) is 9.22. The number of nitrogens with two attached hydrogens (primary N) is 1. The van der Waals surface area contributed by atoms with Gasteiger partial charge in [-0.1, -0.05) is 6.92 Å². The van der Waals surface area contributed by atoms with E-state index in [0.29, 0.717) is 30.8 Å². The maximum Gasteiger partial charge on any atom is 0.223 e. The number of rotatable bonds is 4. The molecule has 21 heavy (non-hydrogen) atoms. The van der Waals surface area contributed by atoms with Crippen molar-refractivity contribution in [2.24, 2.45) is 11.7 Å². The Morgan fingerprint density at radius 2 is 1.90 bits per heavy atom. The topological polar surface area (TPSA) is 61.6 Å². The van der Waals surface area contributed by atoms with E-state index in [4.69, 9.17) is 5.73 Å². The highest BCUT2D eigenvalue weighted by Crippen LogP contribution is 2.22. The number of halogens is 2. The van der Waals surface area contributed by atoms with Crippen molar-refractivity contribution in [1.29, 1.82) is 0 Å². The van der Waals surface area contributed by atoms with Gasteiger partial charge in [0.15, 0.2) is 0 Å². The monoisotopic (exact) mass is 340 g/mol. The predicted molar refractivity (Wildman–Crippen MR) is 91.4 cm³/mol. The fraction of sp³-hybridized carbons (Fsp3) is 0.929. The number of piperidine rings is 1. The molecule has 2 fully saturated rings. The Morgan fingerprint density at radius 1 is 1.24 bits per heavy atom. The molecule has 0 aliphatic carbocycles. The lowest BCUT2D eigenvalue weighted by atomic mass is 9.90. The van der Waals surface area contributed by atoms with E-state index in [-0.39, 0.29) is 24.8 Å². The number of amides is 1. The van der Waals surface area contributed by atoms with Gasteiger partial charge < -0.3 is 16.0 Å². The van der Waals surface area contributed by atoms with Crippen LogP contribution < -0.4 is 11.1 Å². The highest BCUT2D eigenvalue weighted by Gasteiger charge is 2.28. The van der Waals surface area contributed by atoms with Crippen molar-refractivity contribution >= 4 is 30.7 Å². The van der Waals surface area contributed by atoms with E-state index in [1.807, 2.05) is 4.90 Å². The van der Waals surface area contributed by atoms with Crippen molar-refractivity contribution in [2.75, 3.05) is 45.8 Å². The Labute approximate surface area is 140 Å². The second-order valence-corrected chi connectivity index (χ2v) is 5.84. The lowest BCUT2D eigenvalue weighted by Gasteiger charge is -2.39. The van der Waals surface area contributed by atoms with Crippen molar-refractivity contribution in [3.05, 3.63) is 0 Å². The van der Waals surface area contributed by atoms with Gasteiger partial charge in [0.1, 0.15) is 0 Å². The second kappa shape index (κ2) is 10.6. The van der Waals surface area contributed by atoms with Gasteiger partial charge in [-0.15, -0.1) is 24.8 Å². The Kier molecular flexibility index (Phi) is 10.6. The van der Waals surface area contributed by atoms with E-state index >= 15 is 0 Å². The molecule has 2 unspecified atom stereocenters. The van der Waals surface area contributed by atoms with Crippen LogP contribution in [0.25, 0.3) is 0 Å². The second-order valence-electron chi connectivity index (χ2n) is 5.84. The molecule has 1 amide bonds. The van der Waals surface area contributed by atoms with Crippen LogP contribution in [0.5, 0.6) is 0 Å². The zero-order valence-electron chi connectivity index (χ0n) is 12.9. The fourth-order valence-electron chi connectivity index (χ4n) is 3.31. The van der Waals surface area contributed by atoms with Gasteiger partial charge in [-0.2, -0.15) is 0 Å². The predicted octanol–water partition coefficient (Wildman–Crippen LogP) is 0.711. The molecular formula is C14H30Cl2N4O. The van der Waals surface area contributed by atoms with Gasteiger partial charge >= 0.3 is 0 Å². The Hall–Kier alpha value is -0.0700. The molecule has 0 aromatic carbocycles. The highest BCUT2D eigenvalue weighted by atomic mass is 35.5. The zero-order valence-corrected chi connectivity index (χ0v) is 14.6. The lowest BCUT2D eigenvalue weighted by Crippen LogP contribution is -2.51. The highest BCUT2D eigenvalue weighted by molar-refractivity contribution is 5.85. The van der Waals surface area contributed by atoms with E-state index in [1.54, 1.807) is 0 Å². The number of likely N-dealkylation sites (tertiary alicyclic amines) is 1.